The second kappa shape index (κ2) is 6.48. The summed E-state index contributed by atoms with van der Waals surface area (Å²) in [6.45, 7) is 6.03. The lowest BCUT2D eigenvalue weighted by molar-refractivity contribution is 0.298. The fourth-order valence-corrected chi connectivity index (χ4v) is 2.12. The lowest BCUT2D eigenvalue weighted by Gasteiger charge is -2.19. The van der Waals surface area contributed by atoms with Crippen molar-refractivity contribution in [1.29, 1.82) is 0 Å². The molecule has 1 rings (SSSR count). The summed E-state index contributed by atoms with van der Waals surface area (Å²) in [5.74, 6) is 0.807. The molecule has 0 aromatic heterocycles. The third-order valence-electron chi connectivity index (χ3n) is 2.64. The highest BCUT2D eigenvalue weighted by Gasteiger charge is 2.10. The van der Waals surface area contributed by atoms with Gasteiger partial charge in [-0.25, -0.2) is 0 Å². The first-order valence-corrected chi connectivity index (χ1v) is 6.51. The Labute approximate surface area is 113 Å². The first-order chi connectivity index (χ1) is 7.90. The number of phenols is 1. The van der Waals surface area contributed by atoms with Crippen molar-refractivity contribution in [3.8, 4) is 5.75 Å². The quantitative estimate of drug-likeness (QED) is 0.872. The first-order valence-electron chi connectivity index (χ1n) is 5.75. The van der Waals surface area contributed by atoms with Crippen LogP contribution in [0.15, 0.2) is 12.1 Å². The van der Waals surface area contributed by atoms with Crippen LogP contribution in [0.3, 0.4) is 0 Å². The van der Waals surface area contributed by atoms with Gasteiger partial charge in [0.1, 0.15) is 5.75 Å². The summed E-state index contributed by atoms with van der Waals surface area (Å²) >= 11 is 11.8. The fraction of sp³-hybridized carbons (Fsp3) is 0.538. The zero-order valence-corrected chi connectivity index (χ0v) is 12.0. The third-order valence-corrected chi connectivity index (χ3v) is 3.14. The number of nitrogens with zero attached hydrogens (tertiary/aromatic N) is 1. The number of hydrogen-bond donors (Lipinski definition) is 1. The molecule has 0 fully saturated rings. The van der Waals surface area contributed by atoms with E-state index in [1.165, 1.54) is 0 Å². The Hall–Kier alpha value is -0.440. The molecule has 96 valence electrons. The van der Waals surface area contributed by atoms with Gasteiger partial charge in [0.15, 0.2) is 0 Å². The van der Waals surface area contributed by atoms with Crippen LogP contribution in [-0.4, -0.2) is 23.6 Å². The van der Waals surface area contributed by atoms with E-state index in [1.807, 2.05) is 7.05 Å². The normalized spacial score (nSPS) is 11.5. The van der Waals surface area contributed by atoms with E-state index in [2.05, 4.69) is 18.7 Å². The molecule has 0 spiro atoms. The Morgan fingerprint density at radius 3 is 2.53 bits per heavy atom. The molecule has 0 amide bonds. The predicted molar refractivity (Wildman–Crippen MR) is 73.9 cm³/mol. The molecule has 1 N–H and O–H groups in total. The summed E-state index contributed by atoms with van der Waals surface area (Å²) in [4.78, 5) is 2.15. The molecule has 0 saturated carbocycles. The van der Waals surface area contributed by atoms with E-state index in [4.69, 9.17) is 23.2 Å². The second-order valence-electron chi connectivity index (χ2n) is 4.82. The molecule has 1 aromatic carbocycles. The number of benzene rings is 1. The van der Waals surface area contributed by atoms with Crippen molar-refractivity contribution in [3.05, 3.63) is 27.7 Å². The Kier molecular flexibility index (Phi) is 5.57. The molecule has 1 aromatic rings. The van der Waals surface area contributed by atoms with E-state index < -0.39 is 0 Å². The van der Waals surface area contributed by atoms with Crippen molar-refractivity contribution in [3.63, 3.8) is 0 Å². The van der Waals surface area contributed by atoms with Crippen LogP contribution in [-0.2, 0) is 6.54 Å². The first kappa shape index (κ1) is 14.6. The van der Waals surface area contributed by atoms with Gasteiger partial charge in [0.25, 0.3) is 0 Å². The van der Waals surface area contributed by atoms with Crippen LogP contribution in [0.25, 0.3) is 0 Å². The molecule has 2 nitrogen and oxygen atoms in total. The van der Waals surface area contributed by atoms with Gasteiger partial charge in [-0.3, -0.25) is 0 Å². The monoisotopic (exact) mass is 275 g/mol. The van der Waals surface area contributed by atoms with Gasteiger partial charge in [0.2, 0.25) is 0 Å². The standard InChI is InChI=1S/C13H19Cl2NO/c1-9(2)4-5-16(3)8-10-6-11(14)7-12(15)13(10)17/h6-7,9,17H,4-5,8H2,1-3H3. The molecule has 0 atom stereocenters. The van der Waals surface area contributed by atoms with Crippen molar-refractivity contribution < 1.29 is 5.11 Å². The highest BCUT2D eigenvalue weighted by Crippen LogP contribution is 2.31. The number of halogens is 2. The van der Waals surface area contributed by atoms with Gasteiger partial charge < -0.3 is 10.0 Å². The number of hydrogen-bond acceptors (Lipinski definition) is 2. The van der Waals surface area contributed by atoms with Gasteiger partial charge in [-0.15, -0.1) is 0 Å². The highest BCUT2D eigenvalue weighted by atomic mass is 35.5. The van der Waals surface area contributed by atoms with Crippen molar-refractivity contribution in [2.75, 3.05) is 13.6 Å². The summed E-state index contributed by atoms with van der Waals surface area (Å²) in [5.41, 5.74) is 0.772. The van der Waals surface area contributed by atoms with Gasteiger partial charge >= 0.3 is 0 Å². The van der Waals surface area contributed by atoms with Gasteiger partial charge in [0.05, 0.1) is 5.02 Å². The Bertz CT molecular complexity index is 380. The summed E-state index contributed by atoms with van der Waals surface area (Å²) in [7, 11) is 2.02. The Balaban J connectivity index is 2.68. The van der Waals surface area contributed by atoms with Crippen molar-refractivity contribution in [2.24, 2.45) is 5.92 Å². The molecule has 0 saturated heterocycles. The van der Waals surface area contributed by atoms with Crippen molar-refractivity contribution in [1.82, 2.24) is 4.90 Å². The molecule has 0 heterocycles. The molecule has 0 aliphatic heterocycles. The molecule has 0 radical (unpaired) electrons. The van der Waals surface area contributed by atoms with Crippen LogP contribution in [0, 0.1) is 5.92 Å². The Morgan fingerprint density at radius 2 is 1.94 bits per heavy atom. The van der Waals surface area contributed by atoms with E-state index >= 15 is 0 Å². The third kappa shape index (κ3) is 4.74. The van der Waals surface area contributed by atoms with E-state index in [0.29, 0.717) is 22.5 Å². The number of phenolic OH excluding ortho intramolecular Hbond substituents is 1. The van der Waals surface area contributed by atoms with Crippen LogP contribution in [0.1, 0.15) is 25.8 Å². The minimum absolute atomic E-state index is 0.132. The topological polar surface area (TPSA) is 23.5 Å². The molecule has 0 aliphatic carbocycles. The SMILES string of the molecule is CC(C)CCN(C)Cc1cc(Cl)cc(Cl)c1O. The maximum absolute atomic E-state index is 9.83. The van der Waals surface area contributed by atoms with E-state index in [9.17, 15) is 5.11 Å². The average molecular weight is 276 g/mol. The van der Waals surface area contributed by atoms with E-state index in [1.54, 1.807) is 12.1 Å². The fourth-order valence-electron chi connectivity index (χ4n) is 1.59. The van der Waals surface area contributed by atoms with Crippen LogP contribution in [0.5, 0.6) is 5.75 Å². The van der Waals surface area contributed by atoms with E-state index in [0.717, 1.165) is 18.5 Å². The van der Waals surface area contributed by atoms with Crippen LogP contribution in [0.4, 0.5) is 0 Å². The van der Waals surface area contributed by atoms with Crippen LogP contribution >= 0.6 is 23.2 Å². The molecule has 0 bridgehead atoms. The lowest BCUT2D eigenvalue weighted by atomic mass is 10.1. The Morgan fingerprint density at radius 1 is 1.29 bits per heavy atom. The zero-order valence-electron chi connectivity index (χ0n) is 10.5. The summed E-state index contributed by atoms with van der Waals surface area (Å²) in [5, 5.41) is 10.7. The number of rotatable bonds is 5. The molecule has 0 aliphatic rings. The molecule has 4 heteroatoms. The molecule has 17 heavy (non-hydrogen) atoms. The van der Waals surface area contributed by atoms with Gasteiger partial charge in [-0.05, 0) is 38.1 Å². The van der Waals surface area contributed by atoms with Gasteiger partial charge in [0, 0.05) is 17.1 Å². The van der Waals surface area contributed by atoms with Crippen molar-refractivity contribution in [2.45, 2.75) is 26.8 Å². The summed E-state index contributed by atoms with van der Waals surface area (Å²) in [6.07, 6.45) is 1.13. The smallest absolute Gasteiger partial charge is 0.138 e. The van der Waals surface area contributed by atoms with Crippen LogP contribution in [0.2, 0.25) is 10.0 Å². The minimum atomic E-state index is 0.132. The van der Waals surface area contributed by atoms with Crippen LogP contribution < -0.4 is 0 Å². The highest BCUT2D eigenvalue weighted by molar-refractivity contribution is 6.35. The largest absolute Gasteiger partial charge is 0.506 e. The maximum atomic E-state index is 9.83. The summed E-state index contributed by atoms with van der Waals surface area (Å²) in [6, 6.07) is 3.31. The molecule has 0 unspecified atom stereocenters. The maximum Gasteiger partial charge on any atom is 0.138 e. The van der Waals surface area contributed by atoms with Crippen molar-refractivity contribution >= 4 is 23.2 Å². The average Bonchev–Trinajstić information content (AvgIpc) is 2.22. The second-order valence-corrected chi connectivity index (χ2v) is 5.66. The van der Waals surface area contributed by atoms with Gasteiger partial charge in [-0.1, -0.05) is 37.0 Å². The zero-order chi connectivity index (χ0) is 13.0. The summed E-state index contributed by atoms with van der Waals surface area (Å²) < 4.78 is 0. The lowest BCUT2D eigenvalue weighted by Crippen LogP contribution is -2.20. The predicted octanol–water partition coefficient (Wildman–Crippen LogP) is 4.18. The van der Waals surface area contributed by atoms with E-state index in [-0.39, 0.29) is 5.75 Å². The molecular formula is C13H19Cl2NO. The molecular weight excluding hydrogens is 257 g/mol. The number of aromatic hydroxyl groups is 1. The minimum Gasteiger partial charge on any atom is -0.506 e. The van der Waals surface area contributed by atoms with Gasteiger partial charge in [-0.2, -0.15) is 0 Å².